The Kier molecular flexibility index (Phi) is 6.08. The predicted molar refractivity (Wildman–Crippen MR) is 57.4 cm³/mol. The van der Waals surface area contributed by atoms with Crippen LogP contribution in [-0.4, -0.2) is 25.4 Å². The van der Waals surface area contributed by atoms with E-state index >= 15 is 0 Å². The van der Waals surface area contributed by atoms with Gasteiger partial charge in [0, 0.05) is 13.7 Å². The molecular formula is C11H19NO3. The number of rotatable bonds is 8. The summed E-state index contributed by atoms with van der Waals surface area (Å²) in [5, 5.41) is 12.1. The van der Waals surface area contributed by atoms with E-state index in [1.807, 2.05) is 6.07 Å². The third-order valence-corrected chi connectivity index (χ3v) is 2.12. The van der Waals surface area contributed by atoms with Crippen molar-refractivity contribution in [2.45, 2.75) is 26.0 Å². The van der Waals surface area contributed by atoms with Gasteiger partial charge in [-0.3, -0.25) is 0 Å². The fourth-order valence-corrected chi connectivity index (χ4v) is 1.31. The number of hydrogen-bond acceptors (Lipinski definition) is 4. The molecular weight excluding hydrogens is 194 g/mol. The lowest BCUT2D eigenvalue weighted by Crippen LogP contribution is -2.14. The summed E-state index contributed by atoms with van der Waals surface area (Å²) in [6.07, 6.45) is 2.17. The van der Waals surface area contributed by atoms with Crippen LogP contribution in [0.25, 0.3) is 0 Å². The first kappa shape index (κ1) is 12.2. The fourth-order valence-electron chi connectivity index (χ4n) is 1.31. The number of ether oxygens (including phenoxy) is 1. The molecule has 4 nitrogen and oxygen atoms in total. The number of methoxy groups -OCH3 is 1. The van der Waals surface area contributed by atoms with Crippen molar-refractivity contribution in [3.63, 3.8) is 0 Å². The number of furan rings is 1. The van der Waals surface area contributed by atoms with Crippen molar-refractivity contribution in [1.82, 2.24) is 5.32 Å². The highest BCUT2D eigenvalue weighted by Gasteiger charge is 1.99. The van der Waals surface area contributed by atoms with Crippen LogP contribution >= 0.6 is 0 Å². The average molecular weight is 213 g/mol. The number of unbranched alkanes of at least 4 members (excludes halogenated alkanes) is 1. The van der Waals surface area contributed by atoms with Gasteiger partial charge < -0.3 is 19.6 Å². The molecule has 1 aromatic heterocycles. The Morgan fingerprint density at radius 1 is 1.33 bits per heavy atom. The van der Waals surface area contributed by atoms with Gasteiger partial charge in [-0.15, -0.1) is 0 Å². The van der Waals surface area contributed by atoms with Crippen molar-refractivity contribution < 1.29 is 14.3 Å². The van der Waals surface area contributed by atoms with Crippen molar-refractivity contribution in [1.29, 1.82) is 0 Å². The molecule has 15 heavy (non-hydrogen) atoms. The van der Waals surface area contributed by atoms with E-state index in [0.29, 0.717) is 12.3 Å². The number of hydrogen-bond donors (Lipinski definition) is 2. The Labute approximate surface area is 90.2 Å². The highest BCUT2D eigenvalue weighted by Crippen LogP contribution is 2.06. The Bertz CT molecular complexity index is 260. The van der Waals surface area contributed by atoms with Gasteiger partial charge in [-0.05, 0) is 31.5 Å². The quantitative estimate of drug-likeness (QED) is 0.639. The highest BCUT2D eigenvalue weighted by molar-refractivity contribution is 5.05. The van der Waals surface area contributed by atoms with E-state index in [1.165, 1.54) is 0 Å². The lowest BCUT2D eigenvalue weighted by atomic mass is 10.3. The molecule has 2 N–H and O–H groups in total. The van der Waals surface area contributed by atoms with Gasteiger partial charge in [0.15, 0.2) is 0 Å². The zero-order valence-electron chi connectivity index (χ0n) is 9.16. The summed E-state index contributed by atoms with van der Waals surface area (Å²) in [6.45, 7) is 2.45. The minimum Gasteiger partial charge on any atom is -0.462 e. The highest BCUT2D eigenvalue weighted by atomic mass is 16.5. The van der Waals surface area contributed by atoms with Gasteiger partial charge in [-0.25, -0.2) is 0 Å². The van der Waals surface area contributed by atoms with Gasteiger partial charge in [0.1, 0.15) is 18.1 Å². The van der Waals surface area contributed by atoms with Crippen LogP contribution in [0.15, 0.2) is 16.5 Å². The molecule has 4 heteroatoms. The second-order valence-corrected chi connectivity index (χ2v) is 3.40. The summed E-state index contributed by atoms with van der Waals surface area (Å²) in [5.74, 6) is 1.48. The number of nitrogens with one attached hydrogen (secondary N) is 1. The van der Waals surface area contributed by atoms with Crippen LogP contribution in [0, 0.1) is 0 Å². The molecule has 0 fully saturated rings. The van der Waals surface area contributed by atoms with Crippen molar-refractivity contribution in [2.24, 2.45) is 0 Å². The maximum absolute atomic E-state index is 8.79. The van der Waals surface area contributed by atoms with Gasteiger partial charge >= 0.3 is 0 Å². The first-order chi connectivity index (χ1) is 7.36. The first-order valence-electron chi connectivity index (χ1n) is 5.25. The van der Waals surface area contributed by atoms with Gasteiger partial charge in [-0.2, -0.15) is 0 Å². The monoisotopic (exact) mass is 213 g/mol. The van der Waals surface area contributed by atoms with E-state index in [1.54, 1.807) is 13.2 Å². The van der Waals surface area contributed by atoms with Crippen LogP contribution in [0.4, 0.5) is 0 Å². The van der Waals surface area contributed by atoms with E-state index in [0.717, 1.165) is 31.8 Å². The Morgan fingerprint density at radius 3 is 2.80 bits per heavy atom. The predicted octanol–water partition coefficient (Wildman–Crippen LogP) is 1.29. The molecule has 1 aromatic rings. The van der Waals surface area contributed by atoms with Crippen LogP contribution in [0.5, 0.6) is 0 Å². The van der Waals surface area contributed by atoms with E-state index in [2.05, 4.69) is 5.32 Å². The van der Waals surface area contributed by atoms with Crippen LogP contribution in [0.2, 0.25) is 0 Å². The van der Waals surface area contributed by atoms with Crippen molar-refractivity contribution in [2.75, 3.05) is 20.3 Å². The normalized spacial score (nSPS) is 10.8. The van der Waals surface area contributed by atoms with E-state index < -0.39 is 0 Å². The third kappa shape index (κ3) is 4.97. The van der Waals surface area contributed by atoms with Crippen molar-refractivity contribution in [3.8, 4) is 0 Å². The van der Waals surface area contributed by atoms with Gasteiger partial charge in [0.2, 0.25) is 0 Å². The zero-order chi connectivity index (χ0) is 10.9. The SMILES string of the molecule is COCCCCNCc1ccc(CO)o1. The molecule has 0 saturated carbocycles. The van der Waals surface area contributed by atoms with Crippen molar-refractivity contribution >= 4 is 0 Å². The number of aliphatic hydroxyl groups excluding tert-OH is 1. The zero-order valence-corrected chi connectivity index (χ0v) is 9.16. The van der Waals surface area contributed by atoms with Crippen LogP contribution in [-0.2, 0) is 17.9 Å². The number of aliphatic hydroxyl groups is 1. The molecule has 0 saturated heterocycles. The van der Waals surface area contributed by atoms with Crippen LogP contribution in [0.1, 0.15) is 24.4 Å². The molecule has 0 atom stereocenters. The molecule has 1 rings (SSSR count). The van der Waals surface area contributed by atoms with E-state index in [4.69, 9.17) is 14.3 Å². The molecule has 0 spiro atoms. The lowest BCUT2D eigenvalue weighted by Gasteiger charge is -2.02. The molecule has 1 heterocycles. The largest absolute Gasteiger partial charge is 0.462 e. The van der Waals surface area contributed by atoms with Crippen LogP contribution in [0.3, 0.4) is 0 Å². The second kappa shape index (κ2) is 7.45. The second-order valence-electron chi connectivity index (χ2n) is 3.40. The fraction of sp³-hybridized carbons (Fsp3) is 0.636. The minimum absolute atomic E-state index is 0.0339. The summed E-state index contributed by atoms with van der Waals surface area (Å²) < 4.78 is 10.3. The standard InChI is InChI=1S/C11H19NO3/c1-14-7-3-2-6-12-8-10-4-5-11(9-13)15-10/h4-5,12-13H,2-3,6-9H2,1H3. The molecule has 0 bridgehead atoms. The molecule has 0 unspecified atom stereocenters. The molecule has 86 valence electrons. The van der Waals surface area contributed by atoms with Gasteiger partial charge in [-0.1, -0.05) is 0 Å². The Balaban J connectivity index is 2.04. The summed E-state index contributed by atoms with van der Waals surface area (Å²) in [4.78, 5) is 0. The molecule has 0 aromatic carbocycles. The maximum Gasteiger partial charge on any atom is 0.129 e. The minimum atomic E-state index is -0.0339. The topological polar surface area (TPSA) is 54.6 Å². The first-order valence-corrected chi connectivity index (χ1v) is 5.25. The third-order valence-electron chi connectivity index (χ3n) is 2.12. The maximum atomic E-state index is 8.79. The lowest BCUT2D eigenvalue weighted by molar-refractivity contribution is 0.192. The van der Waals surface area contributed by atoms with Crippen LogP contribution < -0.4 is 5.32 Å². The smallest absolute Gasteiger partial charge is 0.129 e. The summed E-state index contributed by atoms with van der Waals surface area (Å²) in [7, 11) is 1.71. The Hall–Kier alpha value is -0.840. The van der Waals surface area contributed by atoms with E-state index in [-0.39, 0.29) is 6.61 Å². The average Bonchev–Trinajstić information content (AvgIpc) is 2.71. The van der Waals surface area contributed by atoms with Crippen molar-refractivity contribution in [3.05, 3.63) is 23.7 Å². The molecule has 0 aliphatic carbocycles. The molecule has 0 radical (unpaired) electrons. The van der Waals surface area contributed by atoms with E-state index in [9.17, 15) is 0 Å². The van der Waals surface area contributed by atoms with Gasteiger partial charge in [0.05, 0.1) is 6.54 Å². The summed E-state index contributed by atoms with van der Waals surface area (Å²) in [5.41, 5.74) is 0. The molecule has 0 amide bonds. The Morgan fingerprint density at radius 2 is 2.13 bits per heavy atom. The van der Waals surface area contributed by atoms with Gasteiger partial charge in [0.25, 0.3) is 0 Å². The molecule has 0 aliphatic rings. The molecule has 0 aliphatic heterocycles. The summed E-state index contributed by atoms with van der Waals surface area (Å²) in [6, 6.07) is 3.68. The summed E-state index contributed by atoms with van der Waals surface area (Å²) >= 11 is 0.